The molecule has 10 heteroatoms. The predicted molar refractivity (Wildman–Crippen MR) is 256 cm³/mol. The molecule has 362 valence electrons. The molecule has 4 N–H and O–H groups in total. The Balaban J connectivity index is 2.36. The van der Waals surface area contributed by atoms with E-state index in [2.05, 4.69) is 80.7 Å². The lowest BCUT2D eigenvalue weighted by Gasteiger charge is -2.39. The maximum absolute atomic E-state index is 12.8. The fourth-order valence-electron chi connectivity index (χ4n) is 7.10. The number of hydrogen-bond donors (Lipinski definition) is 4. The average molecular weight is 887 g/mol. The second kappa shape index (κ2) is 43.1. The van der Waals surface area contributed by atoms with Crippen LogP contribution in [0.4, 0.5) is 0 Å². The Labute approximate surface area is 383 Å². The minimum atomic E-state index is -1.61. The van der Waals surface area contributed by atoms with E-state index in [9.17, 15) is 30.0 Å². The van der Waals surface area contributed by atoms with Gasteiger partial charge < -0.3 is 39.4 Å². The summed E-state index contributed by atoms with van der Waals surface area (Å²) in [6.45, 7) is 3.33. The van der Waals surface area contributed by atoms with E-state index in [1.165, 1.54) is 109 Å². The second-order valence-corrected chi connectivity index (χ2v) is 16.9. The lowest BCUT2D eigenvalue weighted by atomic mass is 9.99. The summed E-state index contributed by atoms with van der Waals surface area (Å²) >= 11 is 0. The number of carbonyl (C=O) groups excluding carboxylic acids is 2. The summed E-state index contributed by atoms with van der Waals surface area (Å²) in [7, 11) is 0. The number of rotatable bonds is 41. The third kappa shape index (κ3) is 34.2. The van der Waals surface area contributed by atoms with Crippen molar-refractivity contribution < 1.29 is 49.0 Å². The number of carbonyl (C=O) groups is 2. The molecule has 0 radical (unpaired) electrons. The highest BCUT2D eigenvalue weighted by atomic mass is 16.7. The van der Waals surface area contributed by atoms with E-state index in [1.807, 2.05) is 6.08 Å². The molecule has 1 aliphatic heterocycles. The van der Waals surface area contributed by atoms with Crippen LogP contribution in [0, 0.1) is 0 Å². The molecule has 0 aromatic rings. The highest BCUT2D eigenvalue weighted by Crippen LogP contribution is 2.22. The first-order valence-corrected chi connectivity index (χ1v) is 25.0. The molecule has 0 spiro atoms. The van der Waals surface area contributed by atoms with E-state index in [0.29, 0.717) is 19.3 Å². The maximum Gasteiger partial charge on any atom is 0.306 e. The van der Waals surface area contributed by atoms with E-state index in [1.54, 1.807) is 0 Å². The number of esters is 2. The van der Waals surface area contributed by atoms with Crippen molar-refractivity contribution in [2.24, 2.45) is 0 Å². The lowest BCUT2D eigenvalue weighted by molar-refractivity contribution is -0.305. The van der Waals surface area contributed by atoms with Crippen LogP contribution in [0.25, 0.3) is 0 Å². The van der Waals surface area contributed by atoms with Crippen LogP contribution in [0.2, 0.25) is 0 Å². The molecule has 1 aliphatic rings. The number of hydrogen-bond acceptors (Lipinski definition) is 10. The normalized spacial score (nSPS) is 20.1. The number of aliphatic hydroxyl groups is 4. The van der Waals surface area contributed by atoms with Crippen LogP contribution >= 0.6 is 0 Å². The van der Waals surface area contributed by atoms with Gasteiger partial charge in [0.1, 0.15) is 31.0 Å². The number of aliphatic hydroxyl groups excluding tert-OH is 4. The molecule has 0 bridgehead atoms. The Bertz CT molecular complexity index is 1250. The molecule has 0 aromatic carbocycles. The van der Waals surface area contributed by atoms with E-state index >= 15 is 0 Å². The summed E-state index contributed by atoms with van der Waals surface area (Å²) in [5.41, 5.74) is 0. The van der Waals surface area contributed by atoms with Crippen LogP contribution in [0.1, 0.15) is 194 Å². The molecular weight excluding hydrogens is 797 g/mol. The van der Waals surface area contributed by atoms with Gasteiger partial charge in [-0.1, -0.05) is 177 Å². The third-order valence-corrected chi connectivity index (χ3v) is 11.1. The van der Waals surface area contributed by atoms with E-state index in [-0.39, 0.29) is 26.1 Å². The van der Waals surface area contributed by atoms with Gasteiger partial charge in [-0.15, -0.1) is 0 Å². The molecule has 10 nitrogen and oxygen atoms in total. The van der Waals surface area contributed by atoms with E-state index < -0.39 is 55.4 Å². The monoisotopic (exact) mass is 887 g/mol. The Hall–Kier alpha value is -2.86. The molecule has 1 saturated heterocycles. The van der Waals surface area contributed by atoms with Gasteiger partial charge in [-0.3, -0.25) is 9.59 Å². The smallest absolute Gasteiger partial charge is 0.306 e. The van der Waals surface area contributed by atoms with Crippen LogP contribution in [0.15, 0.2) is 72.9 Å². The maximum atomic E-state index is 12.8. The summed E-state index contributed by atoms with van der Waals surface area (Å²) in [5, 5.41) is 40.1. The van der Waals surface area contributed by atoms with Crippen molar-refractivity contribution in [2.45, 2.75) is 230 Å². The topological polar surface area (TPSA) is 152 Å². The van der Waals surface area contributed by atoms with Crippen LogP contribution in [-0.4, -0.2) is 89.0 Å². The van der Waals surface area contributed by atoms with Gasteiger partial charge >= 0.3 is 11.9 Å². The molecule has 0 saturated carbocycles. The highest BCUT2D eigenvalue weighted by molar-refractivity contribution is 5.70. The molecule has 1 fully saturated rings. The summed E-state index contributed by atoms with van der Waals surface area (Å²) < 4.78 is 22.1. The van der Waals surface area contributed by atoms with Crippen molar-refractivity contribution in [2.75, 3.05) is 19.8 Å². The Morgan fingerprint density at radius 2 is 0.889 bits per heavy atom. The quantitative estimate of drug-likeness (QED) is 0.0265. The molecule has 0 amide bonds. The molecule has 6 atom stereocenters. The van der Waals surface area contributed by atoms with Gasteiger partial charge in [0.15, 0.2) is 12.4 Å². The Morgan fingerprint density at radius 3 is 1.33 bits per heavy atom. The lowest BCUT2D eigenvalue weighted by Crippen LogP contribution is -2.59. The van der Waals surface area contributed by atoms with Gasteiger partial charge in [-0.2, -0.15) is 0 Å². The standard InChI is InChI=1S/C53H90O10/c1-3-5-7-9-11-13-15-17-19-21-22-23-24-26-27-29-31-33-35-37-39-41-48(55)60-44-46(45-61-53-52(59)51(58)50(57)47(43-54)63-53)62-49(56)42-40-38-36-34-32-30-28-25-20-18-16-14-12-10-8-6-4-2/h19,21,23-24,27-30,33-36,46-47,50-54,57-59H,3-18,20,22,25-26,31-32,37-45H2,1-2H3/b21-19+,24-23+,29-27+,30-28+,35-33+,36-34+/t46-,47-,50+,51?,52?,53-/m0/s1. The van der Waals surface area contributed by atoms with Gasteiger partial charge in [0.2, 0.25) is 0 Å². The first kappa shape index (κ1) is 58.2. The van der Waals surface area contributed by atoms with Crippen molar-refractivity contribution in [1.29, 1.82) is 0 Å². The van der Waals surface area contributed by atoms with Gasteiger partial charge in [0.05, 0.1) is 13.2 Å². The predicted octanol–water partition coefficient (Wildman–Crippen LogP) is 11.6. The summed E-state index contributed by atoms with van der Waals surface area (Å²) in [6.07, 6.45) is 47.8. The van der Waals surface area contributed by atoms with Crippen molar-refractivity contribution in [3.63, 3.8) is 0 Å². The van der Waals surface area contributed by atoms with E-state index in [0.717, 1.165) is 38.5 Å². The number of allylic oxidation sites excluding steroid dienone is 12. The molecule has 63 heavy (non-hydrogen) atoms. The van der Waals surface area contributed by atoms with Gasteiger partial charge in [0, 0.05) is 12.8 Å². The minimum absolute atomic E-state index is 0.151. The van der Waals surface area contributed by atoms with Crippen molar-refractivity contribution in [1.82, 2.24) is 0 Å². The molecular formula is C53H90O10. The zero-order chi connectivity index (χ0) is 45.9. The molecule has 2 unspecified atom stereocenters. The third-order valence-electron chi connectivity index (χ3n) is 11.1. The summed E-state index contributed by atoms with van der Waals surface area (Å²) in [6, 6.07) is 0. The summed E-state index contributed by atoms with van der Waals surface area (Å²) in [5.74, 6) is -0.927. The number of ether oxygens (including phenoxy) is 4. The molecule has 0 aromatic heterocycles. The van der Waals surface area contributed by atoms with Gasteiger partial charge in [-0.05, 0) is 77.0 Å². The fourth-order valence-corrected chi connectivity index (χ4v) is 7.10. The SMILES string of the molecule is CCCCCCCCC/C=C/C/C=C/C/C=C/C/C=C/CCCC(=O)OC[C@@H](CO[C@H]1O[C@@H](CO)[C@@H](O)C(O)C1O)OC(=O)CCC/C=C/C/C=C/CCCCCCCCCCC. The zero-order valence-corrected chi connectivity index (χ0v) is 39.6. The van der Waals surface area contributed by atoms with Crippen LogP contribution in [-0.2, 0) is 28.5 Å². The van der Waals surface area contributed by atoms with Crippen molar-refractivity contribution >= 4 is 11.9 Å². The first-order valence-electron chi connectivity index (χ1n) is 25.0. The van der Waals surface area contributed by atoms with Crippen LogP contribution in [0.5, 0.6) is 0 Å². The highest BCUT2D eigenvalue weighted by Gasteiger charge is 2.44. The van der Waals surface area contributed by atoms with Crippen molar-refractivity contribution in [3.8, 4) is 0 Å². The summed E-state index contributed by atoms with van der Waals surface area (Å²) in [4.78, 5) is 25.4. The minimum Gasteiger partial charge on any atom is -0.462 e. The fraction of sp³-hybridized carbons (Fsp3) is 0.736. The molecule has 0 aliphatic carbocycles. The van der Waals surface area contributed by atoms with E-state index in [4.69, 9.17) is 18.9 Å². The second-order valence-electron chi connectivity index (χ2n) is 16.9. The largest absolute Gasteiger partial charge is 0.462 e. The van der Waals surface area contributed by atoms with Crippen LogP contribution in [0.3, 0.4) is 0 Å². The Morgan fingerprint density at radius 1 is 0.492 bits per heavy atom. The van der Waals surface area contributed by atoms with Crippen molar-refractivity contribution in [3.05, 3.63) is 72.9 Å². The first-order chi connectivity index (χ1) is 30.8. The number of unbranched alkanes of at least 4 members (excludes halogenated alkanes) is 18. The van der Waals surface area contributed by atoms with Gasteiger partial charge in [-0.25, -0.2) is 0 Å². The Kier molecular flexibility index (Phi) is 39.7. The molecule has 1 rings (SSSR count). The van der Waals surface area contributed by atoms with Crippen LogP contribution < -0.4 is 0 Å². The average Bonchev–Trinajstić information content (AvgIpc) is 3.28. The molecule has 1 heterocycles. The zero-order valence-electron chi connectivity index (χ0n) is 39.6. The van der Waals surface area contributed by atoms with Gasteiger partial charge in [0.25, 0.3) is 0 Å².